The average molecular weight is 250 g/mol. The summed E-state index contributed by atoms with van der Waals surface area (Å²) >= 11 is 0. The van der Waals surface area contributed by atoms with Crippen molar-refractivity contribution >= 4 is 11.7 Å². The molecular weight excluding hydrogens is 237 g/mol. The predicted molar refractivity (Wildman–Crippen MR) is 55.4 cm³/mol. The third-order valence-corrected chi connectivity index (χ3v) is 2.07. The fourth-order valence-electron chi connectivity index (χ4n) is 1.30. The van der Waals surface area contributed by atoms with Crippen LogP contribution in [0.4, 0.5) is 18.9 Å². The predicted octanol–water partition coefficient (Wildman–Crippen LogP) is 2.11. The first-order chi connectivity index (χ1) is 7.79. The van der Waals surface area contributed by atoms with Gasteiger partial charge in [-0.1, -0.05) is 0 Å². The molecule has 1 rings (SSSR count). The summed E-state index contributed by atoms with van der Waals surface area (Å²) in [6, 6.07) is 1.41. The van der Waals surface area contributed by atoms with Crippen LogP contribution in [0.3, 0.4) is 0 Å². The second kappa shape index (κ2) is 5.11. The summed E-state index contributed by atoms with van der Waals surface area (Å²) < 4.78 is 41.6. The maximum absolute atomic E-state index is 11.8. The zero-order valence-corrected chi connectivity index (χ0v) is 9.25. The van der Waals surface area contributed by atoms with Gasteiger partial charge in [0.2, 0.25) is 0 Å². The van der Waals surface area contributed by atoms with Crippen molar-refractivity contribution in [1.29, 1.82) is 0 Å². The van der Waals surface area contributed by atoms with Crippen molar-refractivity contribution < 1.29 is 22.7 Å². The number of carbonyl (C=O) groups is 1. The van der Waals surface area contributed by atoms with Gasteiger partial charge in [0.15, 0.2) is 0 Å². The minimum atomic E-state index is -4.22. The molecular formula is C10H13F3N2O2. The zero-order chi connectivity index (χ0) is 13.1. The van der Waals surface area contributed by atoms with E-state index in [0.717, 1.165) is 0 Å². The highest BCUT2D eigenvalue weighted by Gasteiger charge is 2.26. The van der Waals surface area contributed by atoms with Gasteiger partial charge in [-0.2, -0.15) is 13.2 Å². The number of ether oxygens (including phenoxy) is 1. The third-order valence-electron chi connectivity index (χ3n) is 2.07. The minimum Gasteiger partial charge on any atom is -0.461 e. The van der Waals surface area contributed by atoms with E-state index in [1.807, 2.05) is 0 Å². The largest absolute Gasteiger partial charge is 0.461 e. The molecule has 17 heavy (non-hydrogen) atoms. The number of nitrogens with two attached hydrogens (primary N) is 1. The molecule has 0 saturated carbocycles. The number of aromatic nitrogens is 1. The molecule has 0 aliphatic carbocycles. The Morgan fingerprint density at radius 2 is 2.18 bits per heavy atom. The van der Waals surface area contributed by atoms with Crippen LogP contribution >= 0.6 is 0 Å². The fraction of sp³-hybridized carbons (Fsp3) is 0.500. The van der Waals surface area contributed by atoms with Gasteiger partial charge >= 0.3 is 12.1 Å². The van der Waals surface area contributed by atoms with Crippen LogP contribution in [0.5, 0.6) is 0 Å². The van der Waals surface area contributed by atoms with Crippen LogP contribution < -0.4 is 5.73 Å². The molecule has 96 valence electrons. The van der Waals surface area contributed by atoms with Crippen molar-refractivity contribution in [2.75, 3.05) is 12.3 Å². The van der Waals surface area contributed by atoms with Gasteiger partial charge in [-0.3, -0.25) is 0 Å². The maximum Gasteiger partial charge on any atom is 0.389 e. The highest BCUT2D eigenvalue weighted by Crippen LogP contribution is 2.21. The van der Waals surface area contributed by atoms with E-state index in [9.17, 15) is 18.0 Å². The van der Waals surface area contributed by atoms with Crippen LogP contribution in [0.25, 0.3) is 0 Å². The number of halogens is 3. The maximum atomic E-state index is 11.8. The molecule has 2 N–H and O–H groups in total. The number of nitrogen functional groups attached to an aromatic ring is 1. The summed E-state index contributed by atoms with van der Waals surface area (Å²) in [5, 5.41) is 0. The Kier molecular flexibility index (Phi) is 4.03. The topological polar surface area (TPSA) is 57.2 Å². The molecule has 1 aromatic heterocycles. The Morgan fingerprint density at radius 3 is 2.65 bits per heavy atom. The molecule has 0 spiro atoms. The number of anilines is 1. The number of nitrogens with zero attached hydrogens (tertiary/aromatic N) is 1. The van der Waals surface area contributed by atoms with Crippen LogP contribution in [0.2, 0.25) is 0 Å². The number of hydrogen-bond acceptors (Lipinski definition) is 3. The van der Waals surface area contributed by atoms with Crippen LogP contribution in [-0.2, 0) is 11.8 Å². The summed E-state index contributed by atoms with van der Waals surface area (Å²) in [5.74, 6) is -0.675. The number of hydrogen-bond donors (Lipinski definition) is 1. The Balaban J connectivity index is 2.38. The molecule has 0 amide bonds. The van der Waals surface area contributed by atoms with E-state index in [-0.39, 0.29) is 18.7 Å². The molecule has 1 heterocycles. The van der Waals surface area contributed by atoms with E-state index in [4.69, 9.17) is 10.5 Å². The van der Waals surface area contributed by atoms with Gasteiger partial charge in [0.25, 0.3) is 0 Å². The van der Waals surface area contributed by atoms with Crippen molar-refractivity contribution in [3.63, 3.8) is 0 Å². The summed E-state index contributed by atoms with van der Waals surface area (Å²) in [6.07, 6.45) is -3.90. The first-order valence-corrected chi connectivity index (χ1v) is 4.95. The highest BCUT2D eigenvalue weighted by molar-refractivity contribution is 5.89. The van der Waals surface area contributed by atoms with Crippen LogP contribution in [0, 0.1) is 0 Å². The van der Waals surface area contributed by atoms with Crippen molar-refractivity contribution in [2.24, 2.45) is 7.05 Å². The molecule has 7 heteroatoms. The van der Waals surface area contributed by atoms with Crippen LogP contribution in [0.15, 0.2) is 12.3 Å². The third kappa shape index (κ3) is 4.38. The van der Waals surface area contributed by atoms with Gasteiger partial charge < -0.3 is 15.0 Å². The van der Waals surface area contributed by atoms with Crippen molar-refractivity contribution in [1.82, 2.24) is 4.57 Å². The second-order valence-corrected chi connectivity index (χ2v) is 3.62. The second-order valence-electron chi connectivity index (χ2n) is 3.62. The molecule has 0 aliphatic rings. The quantitative estimate of drug-likeness (QED) is 0.657. The first kappa shape index (κ1) is 13.4. The van der Waals surface area contributed by atoms with Gasteiger partial charge in [-0.05, 0) is 12.5 Å². The molecule has 0 unspecified atom stereocenters. The Hall–Kier alpha value is -1.66. The van der Waals surface area contributed by atoms with E-state index in [1.54, 1.807) is 7.05 Å². The number of rotatable bonds is 4. The highest BCUT2D eigenvalue weighted by atomic mass is 19.4. The number of aryl methyl sites for hydroxylation is 1. The first-order valence-electron chi connectivity index (χ1n) is 4.95. The molecule has 1 aromatic rings. The Morgan fingerprint density at radius 1 is 1.53 bits per heavy atom. The molecule has 4 nitrogen and oxygen atoms in total. The smallest absolute Gasteiger partial charge is 0.389 e. The summed E-state index contributed by atoms with van der Waals surface area (Å²) in [5.41, 5.74) is 6.07. The van der Waals surface area contributed by atoms with Gasteiger partial charge in [0, 0.05) is 19.7 Å². The van der Waals surface area contributed by atoms with Gasteiger partial charge in [-0.15, -0.1) is 0 Å². The van der Waals surface area contributed by atoms with Crippen molar-refractivity contribution in [3.8, 4) is 0 Å². The molecule has 0 fully saturated rings. The SMILES string of the molecule is Cn1cc(N)cc1C(=O)OCCCC(F)(F)F. The van der Waals surface area contributed by atoms with Crippen molar-refractivity contribution in [2.45, 2.75) is 19.0 Å². The van der Waals surface area contributed by atoms with E-state index in [2.05, 4.69) is 0 Å². The number of esters is 1. The molecule has 0 aromatic carbocycles. The average Bonchev–Trinajstić information content (AvgIpc) is 2.51. The van der Waals surface area contributed by atoms with Gasteiger partial charge in [0.05, 0.1) is 12.3 Å². The standard InChI is InChI=1S/C10H13F3N2O2/c1-15-6-7(14)5-8(15)9(16)17-4-2-3-10(11,12)13/h5-6H,2-4,14H2,1H3. The number of alkyl halides is 3. The van der Waals surface area contributed by atoms with E-state index in [1.165, 1.54) is 16.8 Å². The minimum absolute atomic E-state index is 0.217. The lowest BCUT2D eigenvalue weighted by Crippen LogP contribution is -2.13. The van der Waals surface area contributed by atoms with Crippen molar-refractivity contribution in [3.05, 3.63) is 18.0 Å². The number of carbonyl (C=O) groups excluding carboxylic acids is 1. The van der Waals surface area contributed by atoms with E-state index >= 15 is 0 Å². The summed E-state index contributed by atoms with van der Waals surface area (Å²) in [7, 11) is 1.60. The molecule has 0 atom stereocenters. The zero-order valence-electron chi connectivity index (χ0n) is 9.25. The lowest BCUT2D eigenvalue weighted by Gasteiger charge is -2.07. The van der Waals surface area contributed by atoms with Crippen LogP contribution in [0.1, 0.15) is 23.3 Å². The molecule has 0 radical (unpaired) electrons. The molecule has 0 saturated heterocycles. The Labute approximate surface area is 96.2 Å². The summed E-state index contributed by atoms with van der Waals surface area (Å²) in [4.78, 5) is 11.4. The lowest BCUT2D eigenvalue weighted by molar-refractivity contribution is -0.137. The Bertz CT molecular complexity index is 399. The normalized spacial score (nSPS) is 11.5. The van der Waals surface area contributed by atoms with E-state index < -0.39 is 18.6 Å². The van der Waals surface area contributed by atoms with Gasteiger partial charge in [-0.25, -0.2) is 4.79 Å². The van der Waals surface area contributed by atoms with Gasteiger partial charge in [0.1, 0.15) is 5.69 Å². The molecule has 0 bridgehead atoms. The molecule has 0 aliphatic heterocycles. The van der Waals surface area contributed by atoms with E-state index in [0.29, 0.717) is 5.69 Å². The van der Waals surface area contributed by atoms with Crippen LogP contribution in [-0.4, -0.2) is 23.3 Å². The lowest BCUT2D eigenvalue weighted by atomic mass is 10.3. The monoisotopic (exact) mass is 250 g/mol. The summed E-state index contributed by atoms with van der Waals surface area (Å²) in [6.45, 7) is -0.260. The fourth-order valence-corrected chi connectivity index (χ4v) is 1.30.